The number of aryl methyl sites for hydroxylation is 1. The molecule has 0 unspecified atom stereocenters. The Labute approximate surface area is 90.8 Å². The highest BCUT2D eigenvalue weighted by Gasteiger charge is 2.15. The molecule has 0 spiro atoms. The summed E-state index contributed by atoms with van der Waals surface area (Å²) in [7, 11) is 3.08. The Morgan fingerprint density at radius 2 is 2.29 bits per heavy atom. The highest BCUT2D eigenvalue weighted by atomic mass is 79.9. The molecule has 0 bridgehead atoms. The van der Waals surface area contributed by atoms with Crippen molar-refractivity contribution in [1.29, 1.82) is 0 Å². The lowest BCUT2D eigenvalue weighted by atomic mass is 10.2. The van der Waals surface area contributed by atoms with E-state index >= 15 is 0 Å². The van der Waals surface area contributed by atoms with Crippen LogP contribution in [-0.4, -0.2) is 25.1 Å². The zero-order valence-corrected chi connectivity index (χ0v) is 9.81. The molecule has 0 aliphatic rings. The quantitative estimate of drug-likeness (QED) is 0.651. The Morgan fingerprint density at radius 1 is 1.64 bits per heavy atom. The molecule has 5 heteroatoms. The molecule has 0 amide bonds. The molecule has 0 saturated heterocycles. The fraction of sp³-hybridized carbons (Fsp3) is 0.333. The summed E-state index contributed by atoms with van der Waals surface area (Å²) in [6, 6.07) is 1.68. The lowest BCUT2D eigenvalue weighted by Gasteiger charge is -2.09. The van der Waals surface area contributed by atoms with Gasteiger partial charge in [0.1, 0.15) is 4.60 Å². The Kier molecular flexibility index (Phi) is 3.46. The summed E-state index contributed by atoms with van der Waals surface area (Å²) >= 11 is 3.27. The van der Waals surface area contributed by atoms with Gasteiger partial charge in [0.15, 0.2) is 0 Å². The van der Waals surface area contributed by atoms with Crippen LogP contribution in [0.15, 0.2) is 10.7 Å². The topological polar surface area (TPSA) is 51.2 Å². The Morgan fingerprint density at radius 3 is 2.79 bits per heavy atom. The van der Waals surface area contributed by atoms with E-state index in [0.717, 1.165) is 5.69 Å². The fourth-order valence-electron chi connectivity index (χ4n) is 1.14. The first-order valence-corrected chi connectivity index (χ1v) is 4.82. The van der Waals surface area contributed by atoms with Gasteiger partial charge < -0.3 is 10.1 Å². The van der Waals surface area contributed by atoms with Crippen LogP contribution < -0.4 is 5.32 Å². The van der Waals surface area contributed by atoms with Gasteiger partial charge in [-0.1, -0.05) is 0 Å². The lowest BCUT2D eigenvalue weighted by molar-refractivity contribution is 0.0601. The molecule has 0 saturated carbocycles. The van der Waals surface area contributed by atoms with Gasteiger partial charge in [-0.15, -0.1) is 0 Å². The molecule has 1 heterocycles. The average Bonchev–Trinajstić information content (AvgIpc) is 2.15. The standard InChI is InChI=1S/C9H11BrN2O2/c1-5-4-6(9(13)14-3)7(11-2)8(10)12-5/h4,11H,1-3H3. The first-order chi connectivity index (χ1) is 6.60. The van der Waals surface area contributed by atoms with Crippen LogP contribution in [0.2, 0.25) is 0 Å². The minimum Gasteiger partial charge on any atom is -0.465 e. The molecule has 1 aromatic rings. The van der Waals surface area contributed by atoms with Gasteiger partial charge in [-0.25, -0.2) is 9.78 Å². The van der Waals surface area contributed by atoms with E-state index in [1.807, 2.05) is 6.92 Å². The largest absolute Gasteiger partial charge is 0.465 e. The van der Waals surface area contributed by atoms with Crippen molar-refractivity contribution >= 4 is 27.6 Å². The fourth-order valence-corrected chi connectivity index (χ4v) is 1.84. The molecule has 76 valence electrons. The number of carbonyl (C=O) groups excluding carboxylic acids is 1. The predicted molar refractivity (Wildman–Crippen MR) is 57.6 cm³/mol. The number of halogens is 1. The van der Waals surface area contributed by atoms with Gasteiger partial charge in [0.2, 0.25) is 0 Å². The minimum absolute atomic E-state index is 0.374. The molecular formula is C9H11BrN2O2. The van der Waals surface area contributed by atoms with E-state index in [4.69, 9.17) is 0 Å². The van der Waals surface area contributed by atoms with Crippen LogP contribution in [0.4, 0.5) is 5.69 Å². The predicted octanol–water partition coefficient (Wildman–Crippen LogP) is 1.98. The normalized spacial score (nSPS) is 9.71. The molecule has 0 aliphatic heterocycles. The van der Waals surface area contributed by atoms with Gasteiger partial charge in [0.05, 0.1) is 18.4 Å². The number of nitrogens with zero attached hydrogens (tertiary/aromatic N) is 1. The molecule has 0 fully saturated rings. The molecule has 14 heavy (non-hydrogen) atoms. The van der Waals surface area contributed by atoms with E-state index in [9.17, 15) is 4.79 Å². The van der Waals surface area contributed by atoms with Crippen molar-refractivity contribution in [3.63, 3.8) is 0 Å². The number of methoxy groups -OCH3 is 1. The van der Waals surface area contributed by atoms with Crippen LogP contribution in [0.25, 0.3) is 0 Å². The molecule has 4 nitrogen and oxygen atoms in total. The van der Waals surface area contributed by atoms with E-state index in [0.29, 0.717) is 15.9 Å². The molecule has 0 aliphatic carbocycles. The maximum atomic E-state index is 11.4. The summed E-state index contributed by atoms with van der Waals surface area (Å²) in [6.45, 7) is 1.82. The van der Waals surface area contributed by atoms with Crippen LogP contribution in [0.3, 0.4) is 0 Å². The number of carbonyl (C=O) groups is 1. The van der Waals surface area contributed by atoms with Gasteiger partial charge in [-0.3, -0.25) is 0 Å². The summed E-state index contributed by atoms with van der Waals surface area (Å²) < 4.78 is 5.27. The number of pyridine rings is 1. The van der Waals surface area contributed by atoms with Crippen molar-refractivity contribution in [2.45, 2.75) is 6.92 Å². The van der Waals surface area contributed by atoms with Gasteiger partial charge in [-0.05, 0) is 28.9 Å². The van der Waals surface area contributed by atoms with Gasteiger partial charge in [-0.2, -0.15) is 0 Å². The van der Waals surface area contributed by atoms with Crippen molar-refractivity contribution in [3.8, 4) is 0 Å². The summed E-state index contributed by atoms with van der Waals surface area (Å²) in [5.41, 5.74) is 1.88. The smallest absolute Gasteiger partial charge is 0.340 e. The Balaban J connectivity index is 3.32. The number of nitrogens with one attached hydrogen (secondary N) is 1. The maximum Gasteiger partial charge on any atom is 0.340 e. The number of rotatable bonds is 2. The third kappa shape index (κ3) is 2.04. The van der Waals surface area contributed by atoms with Gasteiger partial charge in [0.25, 0.3) is 0 Å². The number of ether oxygens (including phenoxy) is 1. The Hall–Kier alpha value is -1.10. The van der Waals surface area contributed by atoms with Crippen molar-refractivity contribution < 1.29 is 9.53 Å². The van der Waals surface area contributed by atoms with Crippen LogP contribution in [0, 0.1) is 6.92 Å². The van der Waals surface area contributed by atoms with E-state index < -0.39 is 0 Å². The van der Waals surface area contributed by atoms with Crippen LogP contribution in [0.1, 0.15) is 16.1 Å². The molecule has 0 atom stereocenters. The second-order valence-corrected chi connectivity index (χ2v) is 3.47. The maximum absolute atomic E-state index is 11.4. The minimum atomic E-state index is -0.374. The molecule has 0 radical (unpaired) electrons. The monoisotopic (exact) mass is 258 g/mol. The zero-order valence-electron chi connectivity index (χ0n) is 8.22. The SMILES string of the molecule is CNc1c(C(=O)OC)cc(C)nc1Br. The van der Waals surface area contributed by atoms with Gasteiger partial charge >= 0.3 is 5.97 Å². The summed E-state index contributed by atoms with van der Waals surface area (Å²) in [5, 5.41) is 2.90. The van der Waals surface area contributed by atoms with Gasteiger partial charge in [0, 0.05) is 12.7 Å². The average molecular weight is 259 g/mol. The second kappa shape index (κ2) is 4.41. The first kappa shape index (κ1) is 11.0. The van der Waals surface area contributed by atoms with Crippen LogP contribution >= 0.6 is 15.9 Å². The number of hydrogen-bond donors (Lipinski definition) is 1. The summed E-state index contributed by atoms with van der Waals surface area (Å²) in [5.74, 6) is -0.374. The van der Waals surface area contributed by atoms with Crippen LogP contribution in [0.5, 0.6) is 0 Å². The van der Waals surface area contributed by atoms with E-state index in [1.54, 1.807) is 13.1 Å². The van der Waals surface area contributed by atoms with Crippen LogP contribution in [-0.2, 0) is 4.74 Å². The van der Waals surface area contributed by atoms with E-state index in [1.165, 1.54) is 7.11 Å². The number of anilines is 1. The molecule has 1 aromatic heterocycles. The van der Waals surface area contributed by atoms with Crippen molar-refractivity contribution in [2.24, 2.45) is 0 Å². The number of hydrogen-bond acceptors (Lipinski definition) is 4. The zero-order chi connectivity index (χ0) is 10.7. The van der Waals surface area contributed by atoms with Crippen molar-refractivity contribution in [3.05, 3.63) is 21.9 Å². The van der Waals surface area contributed by atoms with Crippen molar-refractivity contribution in [2.75, 3.05) is 19.5 Å². The second-order valence-electron chi connectivity index (χ2n) is 2.72. The number of esters is 1. The molecule has 0 aromatic carbocycles. The summed E-state index contributed by atoms with van der Waals surface area (Å²) in [6.07, 6.45) is 0. The summed E-state index contributed by atoms with van der Waals surface area (Å²) in [4.78, 5) is 15.6. The third-order valence-corrected chi connectivity index (χ3v) is 2.33. The Bertz CT molecular complexity index is 366. The van der Waals surface area contributed by atoms with Crippen molar-refractivity contribution in [1.82, 2.24) is 4.98 Å². The highest BCUT2D eigenvalue weighted by molar-refractivity contribution is 9.10. The molecule has 1 N–H and O–H groups in total. The first-order valence-electron chi connectivity index (χ1n) is 4.03. The van der Waals surface area contributed by atoms with E-state index in [2.05, 4.69) is 31.0 Å². The number of aromatic nitrogens is 1. The van der Waals surface area contributed by atoms with E-state index in [-0.39, 0.29) is 5.97 Å². The molecule has 1 rings (SSSR count). The molecular weight excluding hydrogens is 248 g/mol. The lowest BCUT2D eigenvalue weighted by Crippen LogP contribution is -2.08. The highest BCUT2D eigenvalue weighted by Crippen LogP contribution is 2.25. The third-order valence-electron chi connectivity index (χ3n) is 1.76.